The molecule has 4 rings (SSSR count). The van der Waals surface area contributed by atoms with E-state index in [0.29, 0.717) is 0 Å². The number of halogens is 1. The summed E-state index contributed by atoms with van der Waals surface area (Å²) >= 11 is 0. The van der Waals surface area contributed by atoms with Crippen LogP contribution in [0, 0.1) is 5.82 Å². The third kappa shape index (κ3) is 5.23. The van der Waals surface area contributed by atoms with Crippen LogP contribution in [0.4, 0.5) is 4.39 Å². The third-order valence-corrected chi connectivity index (χ3v) is 7.19. The molecule has 5 nitrogen and oxygen atoms in total. The molecule has 1 aliphatic rings. The largest absolute Gasteiger partial charge is 0.348 e. The van der Waals surface area contributed by atoms with Crippen molar-refractivity contribution in [3.05, 3.63) is 101 Å². The molecule has 0 heterocycles. The van der Waals surface area contributed by atoms with Gasteiger partial charge in [0.05, 0.1) is 10.9 Å². The zero-order valence-electron chi connectivity index (χ0n) is 17.5. The Morgan fingerprint density at radius 2 is 1.66 bits per heavy atom. The Bertz CT molecular complexity index is 1180. The number of fused-ring (bicyclic) bond motifs is 1. The second kappa shape index (κ2) is 9.63. The van der Waals surface area contributed by atoms with E-state index in [1.165, 1.54) is 17.7 Å². The highest BCUT2D eigenvalue weighted by Crippen LogP contribution is 2.29. The van der Waals surface area contributed by atoms with Crippen LogP contribution in [-0.2, 0) is 27.7 Å². The minimum atomic E-state index is -4.02. The fraction of sp³-hybridized carbons (Fsp3) is 0.240. The summed E-state index contributed by atoms with van der Waals surface area (Å²) in [5.74, 6) is -0.917. The number of benzene rings is 3. The van der Waals surface area contributed by atoms with E-state index in [4.69, 9.17) is 0 Å². The predicted octanol–water partition coefficient (Wildman–Crippen LogP) is 3.91. The number of hydrogen-bond acceptors (Lipinski definition) is 3. The molecule has 2 unspecified atom stereocenters. The van der Waals surface area contributed by atoms with Crippen molar-refractivity contribution in [2.75, 3.05) is 0 Å². The van der Waals surface area contributed by atoms with Crippen molar-refractivity contribution in [1.29, 1.82) is 0 Å². The second-order valence-electron chi connectivity index (χ2n) is 7.97. The zero-order valence-corrected chi connectivity index (χ0v) is 18.3. The number of carbonyl (C=O) groups is 1. The topological polar surface area (TPSA) is 75.3 Å². The van der Waals surface area contributed by atoms with Gasteiger partial charge in [0.2, 0.25) is 15.9 Å². The van der Waals surface area contributed by atoms with Crippen molar-refractivity contribution >= 4 is 15.9 Å². The van der Waals surface area contributed by atoms with Crippen LogP contribution in [0.2, 0.25) is 0 Å². The van der Waals surface area contributed by atoms with Crippen LogP contribution in [-0.4, -0.2) is 20.4 Å². The smallest absolute Gasteiger partial charge is 0.241 e. The summed E-state index contributed by atoms with van der Waals surface area (Å²) in [5, 5.41) is 3.05. The molecule has 7 heteroatoms. The molecule has 0 saturated heterocycles. The molecule has 0 aliphatic heterocycles. The maximum absolute atomic E-state index is 13.3. The molecular formula is C25H25FN2O3S. The van der Waals surface area contributed by atoms with Gasteiger partial charge in [0.1, 0.15) is 11.9 Å². The molecule has 3 aromatic rings. The van der Waals surface area contributed by atoms with Crippen molar-refractivity contribution in [3.63, 3.8) is 0 Å². The molecule has 0 radical (unpaired) electrons. The highest BCUT2D eigenvalue weighted by atomic mass is 32.2. The van der Waals surface area contributed by atoms with E-state index in [0.717, 1.165) is 42.5 Å². The summed E-state index contributed by atoms with van der Waals surface area (Å²) in [7, 11) is -4.02. The van der Waals surface area contributed by atoms with Gasteiger partial charge in [-0.1, -0.05) is 54.6 Å². The van der Waals surface area contributed by atoms with Gasteiger partial charge in [0.15, 0.2) is 0 Å². The molecule has 166 valence electrons. The minimum absolute atomic E-state index is 0.0900. The summed E-state index contributed by atoms with van der Waals surface area (Å²) in [5.41, 5.74) is 3.11. The normalized spacial score (nSPS) is 16.7. The molecule has 32 heavy (non-hydrogen) atoms. The van der Waals surface area contributed by atoms with E-state index in [1.807, 2.05) is 48.5 Å². The Kier molecular flexibility index (Phi) is 6.67. The zero-order chi connectivity index (χ0) is 22.6. The first-order chi connectivity index (χ1) is 15.4. The van der Waals surface area contributed by atoms with E-state index in [-0.39, 0.29) is 23.3 Å². The number of amides is 1. The lowest BCUT2D eigenvalue weighted by molar-refractivity contribution is -0.123. The lowest BCUT2D eigenvalue weighted by atomic mass is 9.87. The molecular weight excluding hydrogens is 427 g/mol. The maximum atomic E-state index is 13.3. The summed E-state index contributed by atoms with van der Waals surface area (Å²) in [4.78, 5) is 13.2. The summed E-state index contributed by atoms with van der Waals surface area (Å²) in [6.45, 7) is 0. The first-order valence-corrected chi connectivity index (χ1v) is 12.1. The fourth-order valence-corrected chi connectivity index (χ4v) is 5.28. The first kappa shape index (κ1) is 22.2. The first-order valence-electron chi connectivity index (χ1n) is 10.6. The number of rotatable bonds is 7. The summed E-state index contributed by atoms with van der Waals surface area (Å²) in [6.07, 6.45) is 2.91. The van der Waals surface area contributed by atoms with E-state index < -0.39 is 21.9 Å². The van der Waals surface area contributed by atoms with Crippen molar-refractivity contribution in [2.24, 2.45) is 0 Å². The van der Waals surface area contributed by atoms with Gasteiger partial charge in [-0.15, -0.1) is 0 Å². The average molecular weight is 453 g/mol. The predicted molar refractivity (Wildman–Crippen MR) is 121 cm³/mol. The fourth-order valence-electron chi connectivity index (χ4n) is 4.08. The van der Waals surface area contributed by atoms with E-state index >= 15 is 0 Å². The van der Waals surface area contributed by atoms with Crippen LogP contribution in [0.15, 0.2) is 83.8 Å². The number of aryl methyl sites for hydroxylation is 1. The maximum Gasteiger partial charge on any atom is 0.241 e. The van der Waals surface area contributed by atoms with E-state index in [9.17, 15) is 17.6 Å². The van der Waals surface area contributed by atoms with Gasteiger partial charge in [0, 0.05) is 0 Å². The van der Waals surface area contributed by atoms with E-state index in [2.05, 4.69) is 16.1 Å². The molecule has 0 spiro atoms. The highest BCUT2D eigenvalue weighted by molar-refractivity contribution is 7.89. The van der Waals surface area contributed by atoms with Gasteiger partial charge >= 0.3 is 0 Å². The molecule has 0 fully saturated rings. The molecule has 2 atom stereocenters. The van der Waals surface area contributed by atoms with E-state index in [1.54, 1.807) is 0 Å². The van der Waals surface area contributed by atoms with Crippen LogP contribution in [0.25, 0.3) is 0 Å². The molecule has 3 aromatic carbocycles. The molecule has 0 aromatic heterocycles. The average Bonchev–Trinajstić information content (AvgIpc) is 2.80. The molecule has 0 saturated carbocycles. The summed E-state index contributed by atoms with van der Waals surface area (Å²) in [6, 6.07) is 20.6. The van der Waals surface area contributed by atoms with Crippen LogP contribution < -0.4 is 10.0 Å². The monoisotopic (exact) mass is 452 g/mol. The van der Waals surface area contributed by atoms with Crippen LogP contribution >= 0.6 is 0 Å². The van der Waals surface area contributed by atoms with Gasteiger partial charge < -0.3 is 5.32 Å². The lowest BCUT2D eigenvalue weighted by Crippen LogP contribution is -2.49. The number of carbonyl (C=O) groups excluding carboxylic acids is 1. The standard InChI is InChI=1S/C25H25FN2O3S/c26-20-13-15-21(16-14-20)32(30,31)28-24(17-18-7-2-1-3-8-18)25(29)27-23-12-6-10-19-9-4-5-11-22(19)23/h1-5,7-9,11,13-16,23-24,28H,6,10,12,17H2,(H,27,29). The number of sulfonamides is 1. The van der Waals surface area contributed by atoms with Crippen LogP contribution in [0.5, 0.6) is 0 Å². The highest BCUT2D eigenvalue weighted by Gasteiger charge is 2.29. The SMILES string of the molecule is O=C(NC1CCCc2ccccc21)C(Cc1ccccc1)NS(=O)(=O)c1ccc(F)cc1. The van der Waals surface area contributed by atoms with Gasteiger partial charge in [0.25, 0.3) is 0 Å². The second-order valence-corrected chi connectivity index (χ2v) is 9.68. The minimum Gasteiger partial charge on any atom is -0.348 e. The number of hydrogen-bond donors (Lipinski definition) is 2. The third-order valence-electron chi connectivity index (χ3n) is 5.71. The van der Waals surface area contributed by atoms with Crippen molar-refractivity contribution in [3.8, 4) is 0 Å². The Morgan fingerprint density at radius 3 is 2.41 bits per heavy atom. The van der Waals surface area contributed by atoms with Crippen molar-refractivity contribution in [1.82, 2.24) is 10.0 Å². The van der Waals surface area contributed by atoms with Crippen molar-refractivity contribution < 1.29 is 17.6 Å². The summed E-state index contributed by atoms with van der Waals surface area (Å²) < 4.78 is 41.6. The Morgan fingerprint density at radius 1 is 0.969 bits per heavy atom. The lowest BCUT2D eigenvalue weighted by Gasteiger charge is -2.28. The van der Waals surface area contributed by atoms with Crippen LogP contribution in [0.3, 0.4) is 0 Å². The van der Waals surface area contributed by atoms with Gasteiger partial charge in [-0.05, 0) is 66.6 Å². The molecule has 0 bridgehead atoms. The molecule has 2 N–H and O–H groups in total. The van der Waals surface area contributed by atoms with Gasteiger partial charge in [-0.3, -0.25) is 4.79 Å². The Labute approximate surface area is 187 Å². The Hall–Kier alpha value is -3.03. The van der Waals surface area contributed by atoms with Gasteiger partial charge in [-0.25, -0.2) is 12.8 Å². The van der Waals surface area contributed by atoms with Crippen LogP contribution in [0.1, 0.15) is 35.6 Å². The van der Waals surface area contributed by atoms with Crippen molar-refractivity contribution in [2.45, 2.75) is 42.7 Å². The Balaban J connectivity index is 1.58. The van der Waals surface area contributed by atoms with Gasteiger partial charge in [-0.2, -0.15) is 4.72 Å². The molecule has 1 amide bonds. The quantitative estimate of drug-likeness (QED) is 0.571. The number of nitrogens with one attached hydrogen (secondary N) is 2. The molecule has 1 aliphatic carbocycles.